The van der Waals surface area contributed by atoms with Gasteiger partial charge in [0, 0.05) is 56.6 Å². The van der Waals surface area contributed by atoms with Crippen molar-refractivity contribution in [1.82, 2.24) is 25.5 Å². The number of hydrazone groups is 1. The van der Waals surface area contributed by atoms with E-state index in [0.29, 0.717) is 36.6 Å². The second-order valence-electron chi connectivity index (χ2n) is 11.7. The summed E-state index contributed by atoms with van der Waals surface area (Å²) < 4.78 is 6.02. The van der Waals surface area contributed by atoms with E-state index in [1.165, 1.54) is 0 Å². The molecule has 3 aromatic rings. The Kier molecular flexibility index (Phi) is 8.55. The quantitative estimate of drug-likeness (QED) is 0.373. The molecule has 2 saturated heterocycles. The second-order valence-corrected chi connectivity index (χ2v) is 11.7. The molecule has 0 saturated carbocycles. The fourth-order valence-electron chi connectivity index (χ4n) is 5.96. The van der Waals surface area contributed by atoms with Crippen LogP contribution in [-0.2, 0) is 0 Å². The molecular formula is C33H39N7O3. The van der Waals surface area contributed by atoms with Crippen LogP contribution in [0.5, 0.6) is 5.75 Å². The van der Waals surface area contributed by atoms with Crippen molar-refractivity contribution in [2.75, 3.05) is 52.1 Å². The monoisotopic (exact) mass is 581 g/mol. The molecule has 2 aromatic carbocycles. The number of nitrogens with two attached hydrogens (primary N) is 1. The summed E-state index contributed by atoms with van der Waals surface area (Å²) in [5.41, 5.74) is 10.0. The number of ether oxygens (including phenoxy) is 1. The molecular weight excluding hydrogens is 542 g/mol. The molecule has 3 aliphatic rings. The predicted molar refractivity (Wildman–Crippen MR) is 167 cm³/mol. The minimum absolute atomic E-state index is 0.0437. The zero-order valence-corrected chi connectivity index (χ0v) is 24.5. The van der Waals surface area contributed by atoms with Crippen molar-refractivity contribution >= 4 is 23.8 Å². The molecule has 1 aromatic heterocycles. The number of rotatable bonds is 8. The average molecular weight is 582 g/mol. The van der Waals surface area contributed by atoms with Gasteiger partial charge in [-0.15, -0.1) is 0 Å². The third kappa shape index (κ3) is 6.80. The lowest BCUT2D eigenvalue weighted by molar-refractivity contribution is 0.0783. The van der Waals surface area contributed by atoms with E-state index in [1.54, 1.807) is 17.2 Å². The summed E-state index contributed by atoms with van der Waals surface area (Å²) in [5, 5.41) is 12.6. The van der Waals surface area contributed by atoms with Crippen molar-refractivity contribution in [1.29, 1.82) is 0 Å². The van der Waals surface area contributed by atoms with Crippen molar-refractivity contribution in [2.45, 2.75) is 31.2 Å². The van der Waals surface area contributed by atoms with Gasteiger partial charge in [-0.3, -0.25) is 14.6 Å². The number of likely N-dealkylation sites (tertiary alicyclic amines) is 1. The predicted octanol–water partition coefficient (Wildman–Crippen LogP) is 3.37. The van der Waals surface area contributed by atoms with Crippen molar-refractivity contribution in [2.24, 2.45) is 11.0 Å². The van der Waals surface area contributed by atoms with E-state index in [4.69, 9.17) is 10.5 Å². The number of carbonyl (C=O) groups is 2. The summed E-state index contributed by atoms with van der Waals surface area (Å²) in [7, 11) is 1.90. The van der Waals surface area contributed by atoms with Gasteiger partial charge in [-0.2, -0.15) is 5.10 Å². The van der Waals surface area contributed by atoms with Gasteiger partial charge in [0.1, 0.15) is 11.6 Å². The van der Waals surface area contributed by atoms with Crippen molar-refractivity contribution in [3.63, 3.8) is 0 Å². The van der Waals surface area contributed by atoms with Crippen molar-refractivity contribution in [3.8, 4) is 16.9 Å². The van der Waals surface area contributed by atoms with Gasteiger partial charge >= 0.3 is 0 Å². The highest BCUT2D eigenvalue weighted by Crippen LogP contribution is 2.26. The molecule has 0 spiro atoms. The first-order chi connectivity index (χ1) is 20.9. The zero-order chi connectivity index (χ0) is 29.8. The number of aromatic nitrogens is 1. The number of likely N-dealkylation sites (N-methyl/N-ethyl adjacent to an activating group) is 1. The summed E-state index contributed by atoms with van der Waals surface area (Å²) >= 11 is 0. The van der Waals surface area contributed by atoms with Crippen LogP contribution in [0.2, 0.25) is 0 Å². The Hall–Kier alpha value is -4.44. The molecule has 0 bridgehead atoms. The van der Waals surface area contributed by atoms with Crippen LogP contribution in [-0.4, -0.2) is 85.3 Å². The maximum atomic E-state index is 13.3. The number of amides is 2. The Morgan fingerprint density at radius 1 is 1.02 bits per heavy atom. The average Bonchev–Trinajstić information content (AvgIpc) is 3.70. The molecule has 4 heterocycles. The van der Waals surface area contributed by atoms with E-state index in [0.717, 1.165) is 61.5 Å². The van der Waals surface area contributed by atoms with E-state index < -0.39 is 0 Å². The summed E-state index contributed by atoms with van der Waals surface area (Å²) in [6, 6.07) is 17.5. The highest BCUT2D eigenvalue weighted by molar-refractivity contribution is 5.99. The molecule has 224 valence electrons. The Morgan fingerprint density at radius 3 is 2.44 bits per heavy atom. The van der Waals surface area contributed by atoms with Crippen molar-refractivity contribution < 1.29 is 14.3 Å². The number of pyridine rings is 1. The van der Waals surface area contributed by atoms with Crippen LogP contribution in [0.25, 0.3) is 11.1 Å². The lowest BCUT2D eigenvalue weighted by atomic mass is 9.99. The normalized spacial score (nSPS) is 20.4. The van der Waals surface area contributed by atoms with E-state index in [-0.39, 0.29) is 29.6 Å². The Labute approximate surface area is 252 Å². The first-order valence-corrected chi connectivity index (χ1v) is 15.1. The highest BCUT2D eigenvalue weighted by Gasteiger charge is 2.29. The van der Waals surface area contributed by atoms with Gasteiger partial charge in [0.2, 0.25) is 0 Å². The minimum atomic E-state index is -0.276. The van der Waals surface area contributed by atoms with E-state index in [2.05, 4.69) is 32.9 Å². The smallest absolute Gasteiger partial charge is 0.255 e. The number of hydrogen-bond donors (Lipinski definition) is 3. The number of nitrogens with zero attached hydrogens (tertiary/aromatic N) is 4. The van der Waals surface area contributed by atoms with Crippen LogP contribution >= 0.6 is 0 Å². The number of hydrogen-bond acceptors (Lipinski definition) is 8. The molecule has 0 radical (unpaired) electrons. The van der Waals surface area contributed by atoms with Crippen LogP contribution in [0.4, 0.5) is 5.82 Å². The molecule has 4 N–H and O–H groups in total. The SMILES string of the molecule is CN1CC(c2cnc(N)c(C(=O)N[C@@H]3CCN(C(=O)c4ccc(-c5ccc(OCC6CCNCC6)cc5)cc4)C3)c2)C=N1. The maximum absolute atomic E-state index is 13.3. The molecule has 0 aliphatic carbocycles. The maximum Gasteiger partial charge on any atom is 0.255 e. The van der Waals surface area contributed by atoms with Gasteiger partial charge in [-0.05, 0) is 85.3 Å². The fourth-order valence-corrected chi connectivity index (χ4v) is 5.96. The number of nitrogen functional groups attached to an aromatic ring is 1. The summed E-state index contributed by atoms with van der Waals surface area (Å²) in [6.45, 7) is 4.64. The Balaban J connectivity index is 1.02. The number of piperidine rings is 1. The lowest BCUT2D eigenvalue weighted by Gasteiger charge is -2.22. The third-order valence-corrected chi connectivity index (χ3v) is 8.59. The molecule has 1 unspecified atom stereocenters. The zero-order valence-electron chi connectivity index (χ0n) is 24.5. The summed E-state index contributed by atoms with van der Waals surface area (Å²) in [5.74, 6) is 1.43. The molecule has 3 aliphatic heterocycles. The molecule has 6 rings (SSSR count). The molecule has 10 heteroatoms. The van der Waals surface area contributed by atoms with Crippen LogP contribution in [0.15, 0.2) is 65.9 Å². The number of anilines is 1. The standard InChI is InChI=1S/C33H39N7O3/c1-39-19-27(18-37-39)26-16-30(31(34)36-17-26)32(41)38-28-12-15-40(20-28)33(42)25-4-2-23(3-5-25)24-6-8-29(9-7-24)43-21-22-10-13-35-14-11-22/h2-9,16-18,22,27-28,35H,10-15,19-21H2,1H3,(H2,34,36)(H,38,41)/t27?,28-/m1/s1. The molecule has 10 nitrogen and oxygen atoms in total. The van der Waals surface area contributed by atoms with Gasteiger partial charge in [-0.1, -0.05) is 24.3 Å². The summed E-state index contributed by atoms with van der Waals surface area (Å²) in [6.07, 6.45) is 6.54. The van der Waals surface area contributed by atoms with Crippen molar-refractivity contribution in [3.05, 3.63) is 77.5 Å². The van der Waals surface area contributed by atoms with Crippen LogP contribution in [0, 0.1) is 5.92 Å². The van der Waals surface area contributed by atoms with E-state index in [9.17, 15) is 9.59 Å². The second kappa shape index (κ2) is 12.8. The molecule has 2 fully saturated rings. The third-order valence-electron chi connectivity index (χ3n) is 8.59. The van der Waals surface area contributed by atoms with Gasteiger partial charge in [0.15, 0.2) is 0 Å². The molecule has 2 amide bonds. The molecule has 2 atom stereocenters. The summed E-state index contributed by atoms with van der Waals surface area (Å²) in [4.78, 5) is 32.4. The number of nitrogens with one attached hydrogen (secondary N) is 2. The number of carbonyl (C=O) groups excluding carboxylic acids is 2. The fraction of sp³-hybridized carbons (Fsp3) is 0.394. The first kappa shape index (κ1) is 28.7. The van der Waals surface area contributed by atoms with Crippen LogP contribution in [0.3, 0.4) is 0 Å². The van der Waals surface area contributed by atoms with E-state index in [1.807, 2.05) is 54.7 Å². The Morgan fingerprint density at radius 2 is 1.74 bits per heavy atom. The van der Waals surface area contributed by atoms with Crippen LogP contribution in [0.1, 0.15) is 51.5 Å². The van der Waals surface area contributed by atoms with Gasteiger partial charge in [0.05, 0.1) is 12.2 Å². The number of benzene rings is 2. The largest absolute Gasteiger partial charge is 0.493 e. The first-order valence-electron chi connectivity index (χ1n) is 15.1. The van der Waals surface area contributed by atoms with Gasteiger partial charge in [-0.25, -0.2) is 4.98 Å². The van der Waals surface area contributed by atoms with Gasteiger partial charge in [0.25, 0.3) is 11.8 Å². The van der Waals surface area contributed by atoms with Crippen LogP contribution < -0.4 is 21.1 Å². The molecule has 43 heavy (non-hydrogen) atoms. The van der Waals surface area contributed by atoms with E-state index >= 15 is 0 Å². The van der Waals surface area contributed by atoms with Gasteiger partial charge < -0.3 is 26.0 Å². The Bertz CT molecular complexity index is 1470. The topological polar surface area (TPSA) is 125 Å². The minimum Gasteiger partial charge on any atom is -0.493 e. The highest BCUT2D eigenvalue weighted by atomic mass is 16.5. The lowest BCUT2D eigenvalue weighted by Crippen LogP contribution is -2.38.